The van der Waals surface area contributed by atoms with Crippen molar-refractivity contribution in [3.05, 3.63) is 0 Å². The molecule has 0 aromatic rings. The van der Waals surface area contributed by atoms with Gasteiger partial charge in [0.2, 0.25) is 5.91 Å². The van der Waals surface area contributed by atoms with Gasteiger partial charge in [0.25, 0.3) is 0 Å². The van der Waals surface area contributed by atoms with Crippen molar-refractivity contribution in [3.63, 3.8) is 0 Å². The summed E-state index contributed by atoms with van der Waals surface area (Å²) in [6.07, 6.45) is 0.851. The van der Waals surface area contributed by atoms with Crippen LogP contribution in [0.4, 0.5) is 0 Å². The Bertz CT molecular complexity index is 190. The highest BCUT2D eigenvalue weighted by atomic mass is 16.4. The van der Waals surface area contributed by atoms with Crippen LogP contribution in [0.5, 0.6) is 0 Å². The van der Waals surface area contributed by atoms with Crippen LogP contribution in [0.1, 0.15) is 12.8 Å². The van der Waals surface area contributed by atoms with Gasteiger partial charge >= 0.3 is 5.97 Å². The second-order valence-electron chi connectivity index (χ2n) is 2.81. The van der Waals surface area contributed by atoms with Gasteiger partial charge in [0.1, 0.15) is 0 Å². The van der Waals surface area contributed by atoms with Crippen molar-refractivity contribution in [2.45, 2.75) is 12.8 Å². The van der Waals surface area contributed by atoms with E-state index in [1.165, 1.54) is 0 Å². The monoisotopic (exact) mass is 157 g/mol. The second-order valence-corrected chi connectivity index (χ2v) is 2.81. The molecule has 4 heteroatoms. The van der Waals surface area contributed by atoms with E-state index in [0.29, 0.717) is 0 Å². The molecule has 1 amide bonds. The average molecular weight is 157 g/mol. The molecular formula is C7H11NO3. The lowest BCUT2D eigenvalue weighted by molar-refractivity contribution is -0.137. The first kappa shape index (κ1) is 8.04. The first-order valence-electron chi connectivity index (χ1n) is 3.58. The molecule has 1 fully saturated rings. The van der Waals surface area contributed by atoms with Gasteiger partial charge in [0.05, 0.1) is 0 Å². The number of rotatable bonds is 3. The largest absolute Gasteiger partial charge is 0.481 e. The highest BCUT2D eigenvalue weighted by Crippen LogP contribution is 2.41. The number of carboxylic acid groups (broad SMARTS) is 1. The molecule has 0 spiro atoms. The van der Waals surface area contributed by atoms with Crippen molar-refractivity contribution < 1.29 is 14.7 Å². The quantitative estimate of drug-likeness (QED) is 0.598. The fourth-order valence-electron chi connectivity index (χ4n) is 1.20. The summed E-state index contributed by atoms with van der Waals surface area (Å²) in [6, 6.07) is 0. The number of carboxylic acids is 1. The summed E-state index contributed by atoms with van der Waals surface area (Å²) in [5.74, 6) is -0.818. The third-order valence-corrected chi connectivity index (χ3v) is 1.94. The Kier molecular flexibility index (Phi) is 2.12. The number of hydrogen-bond donors (Lipinski definition) is 2. The van der Waals surface area contributed by atoms with Gasteiger partial charge in [-0.1, -0.05) is 0 Å². The Morgan fingerprint density at radius 2 is 2.27 bits per heavy atom. The first-order valence-corrected chi connectivity index (χ1v) is 3.58. The van der Waals surface area contributed by atoms with E-state index < -0.39 is 5.97 Å². The summed E-state index contributed by atoms with van der Waals surface area (Å²) in [6.45, 7) is 0. The molecule has 2 unspecified atom stereocenters. The van der Waals surface area contributed by atoms with Gasteiger partial charge in [0.15, 0.2) is 0 Å². The molecule has 0 saturated heterocycles. The van der Waals surface area contributed by atoms with E-state index in [1.807, 2.05) is 0 Å². The predicted octanol–water partition coefficient (Wildman–Crippen LogP) is -0.157. The molecule has 4 nitrogen and oxygen atoms in total. The van der Waals surface area contributed by atoms with Crippen molar-refractivity contribution in [1.82, 2.24) is 5.32 Å². The molecule has 11 heavy (non-hydrogen) atoms. The normalized spacial score (nSPS) is 27.7. The van der Waals surface area contributed by atoms with Gasteiger partial charge in [-0.05, 0) is 12.3 Å². The third-order valence-electron chi connectivity index (χ3n) is 1.94. The zero-order valence-corrected chi connectivity index (χ0v) is 6.33. The third kappa shape index (κ3) is 1.93. The van der Waals surface area contributed by atoms with Crippen molar-refractivity contribution in [3.8, 4) is 0 Å². The van der Waals surface area contributed by atoms with Crippen LogP contribution in [0.2, 0.25) is 0 Å². The van der Waals surface area contributed by atoms with E-state index in [9.17, 15) is 9.59 Å². The molecule has 2 atom stereocenters. The average Bonchev–Trinajstić information content (AvgIpc) is 2.65. The minimum atomic E-state index is -0.818. The van der Waals surface area contributed by atoms with Crippen LogP contribution < -0.4 is 5.32 Å². The van der Waals surface area contributed by atoms with E-state index >= 15 is 0 Å². The highest BCUT2D eigenvalue weighted by molar-refractivity contribution is 5.82. The van der Waals surface area contributed by atoms with E-state index in [-0.39, 0.29) is 24.2 Å². The van der Waals surface area contributed by atoms with Crippen LogP contribution in [0.25, 0.3) is 0 Å². The SMILES string of the molecule is CNC(=O)C1CC1CC(=O)O. The van der Waals surface area contributed by atoms with Gasteiger partial charge in [-0.15, -0.1) is 0 Å². The minimum Gasteiger partial charge on any atom is -0.481 e. The molecular weight excluding hydrogens is 146 g/mol. The topological polar surface area (TPSA) is 66.4 Å². The van der Waals surface area contributed by atoms with E-state index in [2.05, 4.69) is 5.32 Å². The molecule has 1 saturated carbocycles. The van der Waals surface area contributed by atoms with Crippen LogP contribution in [0.15, 0.2) is 0 Å². The lowest BCUT2D eigenvalue weighted by Crippen LogP contribution is -2.20. The Balaban J connectivity index is 2.26. The molecule has 0 aromatic carbocycles. The summed E-state index contributed by atoms with van der Waals surface area (Å²) in [4.78, 5) is 21.0. The fraction of sp³-hybridized carbons (Fsp3) is 0.714. The number of carbonyl (C=O) groups excluding carboxylic acids is 1. The molecule has 1 aliphatic carbocycles. The van der Waals surface area contributed by atoms with Gasteiger partial charge in [-0.3, -0.25) is 9.59 Å². The van der Waals surface area contributed by atoms with Crippen LogP contribution in [0, 0.1) is 11.8 Å². The van der Waals surface area contributed by atoms with Gasteiger partial charge < -0.3 is 10.4 Å². The van der Waals surface area contributed by atoms with Crippen molar-refractivity contribution in [2.75, 3.05) is 7.05 Å². The first-order chi connectivity index (χ1) is 5.15. The standard InChI is InChI=1S/C7H11NO3/c1-8-7(11)5-2-4(5)3-6(9)10/h4-5H,2-3H2,1H3,(H,8,11)(H,9,10). The Morgan fingerprint density at radius 3 is 2.73 bits per heavy atom. The summed E-state index contributed by atoms with van der Waals surface area (Å²) < 4.78 is 0. The van der Waals surface area contributed by atoms with E-state index in [4.69, 9.17) is 5.11 Å². The summed E-state index contributed by atoms with van der Waals surface area (Å²) in [5.41, 5.74) is 0. The van der Waals surface area contributed by atoms with Crippen molar-refractivity contribution >= 4 is 11.9 Å². The van der Waals surface area contributed by atoms with E-state index in [0.717, 1.165) is 6.42 Å². The number of hydrogen-bond acceptors (Lipinski definition) is 2. The van der Waals surface area contributed by atoms with Crippen LogP contribution in [0.3, 0.4) is 0 Å². The zero-order chi connectivity index (χ0) is 8.43. The molecule has 0 aromatic heterocycles. The second kappa shape index (κ2) is 2.90. The smallest absolute Gasteiger partial charge is 0.303 e. The lowest BCUT2D eigenvalue weighted by atomic mass is 10.2. The molecule has 2 N–H and O–H groups in total. The van der Waals surface area contributed by atoms with Gasteiger partial charge in [0, 0.05) is 19.4 Å². The number of amides is 1. The number of carbonyl (C=O) groups is 2. The molecule has 62 valence electrons. The molecule has 1 aliphatic rings. The van der Waals surface area contributed by atoms with Gasteiger partial charge in [-0.2, -0.15) is 0 Å². The van der Waals surface area contributed by atoms with E-state index in [1.54, 1.807) is 7.05 Å². The fourth-order valence-corrected chi connectivity index (χ4v) is 1.20. The Morgan fingerprint density at radius 1 is 1.64 bits per heavy atom. The maximum atomic E-state index is 10.9. The van der Waals surface area contributed by atoms with Crippen molar-refractivity contribution in [2.24, 2.45) is 11.8 Å². The Labute approximate surface area is 64.6 Å². The number of nitrogens with one attached hydrogen (secondary N) is 1. The van der Waals surface area contributed by atoms with Crippen LogP contribution in [-0.4, -0.2) is 24.0 Å². The summed E-state index contributed by atoms with van der Waals surface area (Å²) >= 11 is 0. The van der Waals surface area contributed by atoms with Crippen LogP contribution in [-0.2, 0) is 9.59 Å². The molecule has 0 heterocycles. The predicted molar refractivity (Wildman–Crippen MR) is 37.9 cm³/mol. The zero-order valence-electron chi connectivity index (χ0n) is 6.33. The van der Waals surface area contributed by atoms with Gasteiger partial charge in [-0.25, -0.2) is 0 Å². The highest BCUT2D eigenvalue weighted by Gasteiger charge is 2.43. The maximum absolute atomic E-state index is 10.9. The lowest BCUT2D eigenvalue weighted by Gasteiger charge is -1.94. The van der Waals surface area contributed by atoms with Crippen molar-refractivity contribution in [1.29, 1.82) is 0 Å². The maximum Gasteiger partial charge on any atom is 0.303 e. The molecule has 0 bridgehead atoms. The molecule has 1 rings (SSSR count). The Hall–Kier alpha value is -1.06. The minimum absolute atomic E-state index is 0.0312. The number of aliphatic carboxylic acids is 1. The molecule has 0 radical (unpaired) electrons. The van der Waals surface area contributed by atoms with Crippen LogP contribution >= 0.6 is 0 Å². The molecule has 0 aliphatic heterocycles. The summed E-state index contributed by atoms with van der Waals surface area (Å²) in [5, 5.41) is 10.9. The summed E-state index contributed by atoms with van der Waals surface area (Å²) in [7, 11) is 1.57.